The number of carboxylic acids is 1. The van der Waals surface area contributed by atoms with Crippen molar-refractivity contribution in [2.45, 2.75) is 51.4 Å². The van der Waals surface area contributed by atoms with E-state index in [0.717, 1.165) is 0 Å². The molecule has 1 amide bonds. The van der Waals surface area contributed by atoms with Crippen LogP contribution in [-0.4, -0.2) is 65.7 Å². The number of thiazole rings is 1. The molecule has 1 aliphatic rings. The van der Waals surface area contributed by atoms with E-state index < -0.39 is 36.1 Å². The summed E-state index contributed by atoms with van der Waals surface area (Å²) in [5, 5.41) is 32.0. The Morgan fingerprint density at radius 2 is 1.98 bits per heavy atom. The van der Waals surface area contributed by atoms with Crippen LogP contribution in [0.5, 0.6) is 11.5 Å². The van der Waals surface area contributed by atoms with Gasteiger partial charge in [-0.25, -0.2) is 4.98 Å². The van der Waals surface area contributed by atoms with Gasteiger partial charge >= 0.3 is 5.97 Å². The summed E-state index contributed by atoms with van der Waals surface area (Å²) in [7, 11) is 3.08. The highest BCUT2D eigenvalue weighted by Gasteiger charge is 2.39. The van der Waals surface area contributed by atoms with Crippen LogP contribution in [0.25, 0.3) is 0 Å². The van der Waals surface area contributed by atoms with Gasteiger partial charge < -0.3 is 34.4 Å². The molecule has 42 heavy (non-hydrogen) atoms. The molecule has 4 rings (SSSR count). The van der Waals surface area contributed by atoms with Gasteiger partial charge in [0.25, 0.3) is 5.91 Å². The molecule has 12 heteroatoms. The lowest BCUT2D eigenvalue weighted by Gasteiger charge is -2.32. The van der Waals surface area contributed by atoms with Gasteiger partial charge in [-0.05, 0) is 30.7 Å². The number of para-hydroxylation sites is 1. The van der Waals surface area contributed by atoms with E-state index in [2.05, 4.69) is 4.98 Å². The minimum absolute atomic E-state index is 0.140. The second kappa shape index (κ2) is 13.4. The molecule has 2 heterocycles. The zero-order valence-electron chi connectivity index (χ0n) is 23.9. The van der Waals surface area contributed by atoms with Gasteiger partial charge in [0, 0.05) is 52.2 Å². The minimum Gasteiger partial charge on any atom is -0.493 e. The molecule has 2 aromatic carbocycles. The molecular weight excluding hydrogens is 584 g/mol. The summed E-state index contributed by atoms with van der Waals surface area (Å²) in [5.41, 5.74) is 1.57. The van der Waals surface area contributed by atoms with Crippen molar-refractivity contribution in [3.8, 4) is 11.5 Å². The van der Waals surface area contributed by atoms with Crippen LogP contribution in [0.3, 0.4) is 0 Å². The number of aliphatic carboxylic acids is 1. The van der Waals surface area contributed by atoms with Gasteiger partial charge in [-0.2, -0.15) is 0 Å². The molecule has 3 aromatic rings. The standard InChI is InChI=1S/C30H35ClN2O8S/c1-30(2,16-34)15-33-21-9-8-17(31)12-19(21)27(18-6-5-7-23(39-3)28(18)40-4)41-24(29(33)38)10-11-25-32-20(14-42-25)22(35)13-26(36)37/h5-9,12,14,22,24,27,34-35H,10-11,13,15-16H2,1-4H3,(H,36,37)/t22?,24-,27-/m1/s1. The maximum atomic E-state index is 14.2. The summed E-state index contributed by atoms with van der Waals surface area (Å²) in [6.45, 7) is 3.83. The third-order valence-electron chi connectivity index (χ3n) is 7.03. The second-order valence-electron chi connectivity index (χ2n) is 10.9. The number of ether oxygens (including phenoxy) is 3. The van der Waals surface area contributed by atoms with Crippen molar-refractivity contribution >= 4 is 40.5 Å². The Morgan fingerprint density at radius 1 is 1.21 bits per heavy atom. The number of halogens is 1. The molecule has 0 spiro atoms. The van der Waals surface area contributed by atoms with E-state index in [-0.39, 0.29) is 31.2 Å². The number of carbonyl (C=O) groups is 2. The number of hydrogen-bond acceptors (Lipinski definition) is 9. The Balaban J connectivity index is 1.76. The van der Waals surface area contributed by atoms with Crippen molar-refractivity contribution in [3.05, 3.63) is 68.6 Å². The molecule has 0 fully saturated rings. The van der Waals surface area contributed by atoms with E-state index in [1.165, 1.54) is 18.4 Å². The largest absolute Gasteiger partial charge is 0.493 e. The monoisotopic (exact) mass is 618 g/mol. The predicted octanol–water partition coefficient (Wildman–Crippen LogP) is 4.79. The highest BCUT2D eigenvalue weighted by atomic mass is 35.5. The molecule has 0 saturated heterocycles. The summed E-state index contributed by atoms with van der Waals surface area (Å²) in [6.07, 6.45) is -2.76. The average molecular weight is 619 g/mol. The van der Waals surface area contributed by atoms with Crippen LogP contribution < -0.4 is 14.4 Å². The van der Waals surface area contributed by atoms with E-state index >= 15 is 0 Å². The van der Waals surface area contributed by atoms with Crippen molar-refractivity contribution in [2.75, 3.05) is 32.3 Å². The van der Waals surface area contributed by atoms with Crippen molar-refractivity contribution in [1.82, 2.24) is 4.98 Å². The maximum Gasteiger partial charge on any atom is 0.306 e. The molecule has 0 saturated carbocycles. The fourth-order valence-electron chi connectivity index (χ4n) is 4.88. The second-order valence-corrected chi connectivity index (χ2v) is 12.2. The lowest BCUT2D eigenvalue weighted by Crippen LogP contribution is -2.45. The third kappa shape index (κ3) is 7.04. The molecule has 0 radical (unpaired) electrons. The highest BCUT2D eigenvalue weighted by Crippen LogP contribution is 2.45. The number of aliphatic hydroxyl groups excluding tert-OH is 2. The first-order chi connectivity index (χ1) is 20.0. The SMILES string of the molecule is COc1cccc([C@H]2O[C@H](CCc3nc(C(O)CC(=O)O)cs3)C(=O)N(CC(C)(C)CO)c3ccc(Cl)cc32)c1OC. The molecule has 0 aliphatic carbocycles. The van der Waals surface area contributed by atoms with Crippen LogP contribution in [0.15, 0.2) is 41.8 Å². The summed E-state index contributed by atoms with van der Waals surface area (Å²) >= 11 is 7.76. The smallest absolute Gasteiger partial charge is 0.306 e. The van der Waals surface area contributed by atoms with Crippen LogP contribution in [0.2, 0.25) is 5.02 Å². The number of rotatable bonds is 12. The number of carboxylic acid groups (broad SMARTS) is 1. The number of aromatic nitrogens is 1. The van der Waals surface area contributed by atoms with E-state index in [1.807, 2.05) is 26.0 Å². The number of aliphatic hydroxyl groups is 2. The van der Waals surface area contributed by atoms with Crippen LogP contribution in [0.4, 0.5) is 5.69 Å². The van der Waals surface area contributed by atoms with Crippen LogP contribution in [0, 0.1) is 5.41 Å². The molecule has 0 bridgehead atoms. The third-order valence-corrected chi connectivity index (χ3v) is 8.20. The Hall–Kier alpha value is -3.22. The fourth-order valence-corrected chi connectivity index (χ4v) is 5.92. The van der Waals surface area contributed by atoms with Gasteiger partial charge in [-0.3, -0.25) is 9.59 Å². The van der Waals surface area contributed by atoms with E-state index in [0.29, 0.717) is 44.8 Å². The van der Waals surface area contributed by atoms with Crippen molar-refractivity contribution < 1.29 is 39.1 Å². The lowest BCUT2D eigenvalue weighted by atomic mass is 9.92. The Bertz CT molecular complexity index is 1430. The van der Waals surface area contributed by atoms with Crippen molar-refractivity contribution in [2.24, 2.45) is 5.41 Å². The zero-order chi connectivity index (χ0) is 30.6. The summed E-state index contributed by atoms with van der Waals surface area (Å²) in [4.78, 5) is 31.3. The lowest BCUT2D eigenvalue weighted by molar-refractivity contribution is -0.139. The van der Waals surface area contributed by atoms with Gasteiger partial charge in [-0.1, -0.05) is 37.6 Å². The van der Waals surface area contributed by atoms with Crippen molar-refractivity contribution in [1.29, 1.82) is 0 Å². The van der Waals surface area contributed by atoms with Gasteiger partial charge in [0.2, 0.25) is 0 Å². The van der Waals surface area contributed by atoms with Crippen molar-refractivity contribution in [3.63, 3.8) is 0 Å². The quantitative estimate of drug-likeness (QED) is 0.261. The summed E-state index contributed by atoms with van der Waals surface area (Å²) in [6, 6.07) is 10.7. The normalized spacial score (nSPS) is 17.9. The first kappa shape index (κ1) is 31.7. The van der Waals surface area contributed by atoms with Gasteiger partial charge in [0.15, 0.2) is 11.5 Å². The maximum absolute atomic E-state index is 14.2. The molecule has 1 aromatic heterocycles. The van der Waals surface area contributed by atoms with E-state index in [1.54, 1.807) is 41.7 Å². The zero-order valence-corrected chi connectivity index (χ0v) is 25.4. The number of amides is 1. The Labute approximate surface area is 253 Å². The van der Waals surface area contributed by atoms with Crippen LogP contribution in [0.1, 0.15) is 60.7 Å². The van der Waals surface area contributed by atoms with Gasteiger partial charge in [-0.15, -0.1) is 11.3 Å². The highest BCUT2D eigenvalue weighted by molar-refractivity contribution is 7.09. The number of benzene rings is 2. The molecule has 1 aliphatic heterocycles. The molecule has 1 unspecified atom stereocenters. The number of methoxy groups -OCH3 is 2. The number of nitrogens with zero attached hydrogens (tertiary/aromatic N) is 2. The number of aryl methyl sites for hydroxylation is 1. The average Bonchev–Trinajstić information content (AvgIpc) is 3.41. The topological polar surface area (TPSA) is 139 Å². The minimum atomic E-state index is -1.22. The van der Waals surface area contributed by atoms with E-state index in [9.17, 15) is 19.8 Å². The summed E-state index contributed by atoms with van der Waals surface area (Å²) < 4.78 is 17.9. The van der Waals surface area contributed by atoms with Crippen LogP contribution >= 0.6 is 22.9 Å². The van der Waals surface area contributed by atoms with Crippen LogP contribution in [-0.2, 0) is 20.7 Å². The molecule has 3 atom stereocenters. The first-order valence-corrected chi connectivity index (χ1v) is 14.7. The van der Waals surface area contributed by atoms with Gasteiger partial charge in [0.1, 0.15) is 18.3 Å². The molecule has 3 N–H and O–H groups in total. The Morgan fingerprint density at radius 3 is 2.64 bits per heavy atom. The number of hydrogen-bond donors (Lipinski definition) is 3. The van der Waals surface area contributed by atoms with E-state index in [4.69, 9.17) is 30.9 Å². The Kier molecular flexibility index (Phi) is 10.1. The first-order valence-electron chi connectivity index (χ1n) is 13.4. The molecule has 226 valence electrons. The number of fused-ring (bicyclic) bond motifs is 1. The molecule has 10 nitrogen and oxygen atoms in total. The fraction of sp³-hybridized carbons (Fsp3) is 0.433. The summed E-state index contributed by atoms with van der Waals surface area (Å²) in [5.74, 6) is -0.447. The number of anilines is 1. The predicted molar refractivity (Wildman–Crippen MR) is 159 cm³/mol. The molecular formula is C30H35ClN2O8S. The number of carbonyl (C=O) groups excluding carboxylic acids is 1. The van der Waals surface area contributed by atoms with Gasteiger partial charge in [0.05, 0.1) is 31.3 Å².